The number of imidazole rings is 1. The molecule has 0 aromatic carbocycles. The molecule has 0 spiro atoms. The molecule has 2 rings (SSSR count). The van der Waals surface area contributed by atoms with Gasteiger partial charge in [-0.3, -0.25) is 9.36 Å². The van der Waals surface area contributed by atoms with E-state index in [4.69, 9.17) is 6.42 Å². The molecule has 0 aliphatic rings. The van der Waals surface area contributed by atoms with E-state index >= 15 is 0 Å². The second kappa shape index (κ2) is 2.85. The average molecular weight is 204 g/mol. The molecule has 2 aromatic rings. The van der Waals surface area contributed by atoms with E-state index in [0.29, 0.717) is 10.2 Å². The molecular weight excluding hydrogens is 196 g/mol. The summed E-state index contributed by atoms with van der Waals surface area (Å²) >= 11 is 0. The highest BCUT2D eigenvalue weighted by atomic mass is 16.2. The fraction of sp³-hybridized carbons (Fsp3) is 0.222. The van der Waals surface area contributed by atoms with Crippen LogP contribution < -0.4 is 11.2 Å². The van der Waals surface area contributed by atoms with Crippen molar-refractivity contribution in [3.8, 4) is 12.5 Å². The van der Waals surface area contributed by atoms with Gasteiger partial charge in [0.1, 0.15) is 5.65 Å². The number of nitrogens with zero attached hydrogens (tertiary/aromatic N) is 4. The quantitative estimate of drug-likeness (QED) is 0.510. The third-order valence-electron chi connectivity index (χ3n) is 2.24. The number of fused-ring (bicyclic) bond motifs is 1. The van der Waals surface area contributed by atoms with Crippen molar-refractivity contribution in [1.82, 2.24) is 18.7 Å². The van der Waals surface area contributed by atoms with Gasteiger partial charge < -0.3 is 4.57 Å². The molecule has 0 amide bonds. The Bertz CT molecular complexity index is 696. The summed E-state index contributed by atoms with van der Waals surface area (Å²) in [6.07, 6.45) is 6.55. The van der Waals surface area contributed by atoms with E-state index in [-0.39, 0.29) is 5.52 Å². The maximum absolute atomic E-state index is 11.7. The van der Waals surface area contributed by atoms with Gasteiger partial charge in [0.2, 0.25) is 0 Å². The SMILES string of the molecule is C#Cn1c(=O)c2ncn(C)c2n(C)c1=O. The number of terminal acetylenes is 1. The molecule has 76 valence electrons. The predicted octanol–water partition coefficient (Wildman–Crippen LogP) is -1.13. The first-order valence-electron chi connectivity index (χ1n) is 4.17. The van der Waals surface area contributed by atoms with Gasteiger partial charge in [0.05, 0.1) is 6.33 Å². The van der Waals surface area contributed by atoms with Crippen LogP contribution in [0.2, 0.25) is 0 Å². The third-order valence-corrected chi connectivity index (χ3v) is 2.24. The van der Waals surface area contributed by atoms with Crippen molar-refractivity contribution < 1.29 is 0 Å². The van der Waals surface area contributed by atoms with E-state index < -0.39 is 11.2 Å². The maximum atomic E-state index is 11.7. The Hall–Kier alpha value is -2.29. The van der Waals surface area contributed by atoms with Crippen molar-refractivity contribution in [2.75, 3.05) is 0 Å². The van der Waals surface area contributed by atoms with Crippen LogP contribution in [0.15, 0.2) is 15.9 Å². The van der Waals surface area contributed by atoms with Gasteiger partial charge in [-0.15, -0.1) is 0 Å². The molecule has 0 atom stereocenters. The lowest BCUT2D eigenvalue weighted by Gasteiger charge is -2.03. The zero-order valence-electron chi connectivity index (χ0n) is 8.26. The van der Waals surface area contributed by atoms with Gasteiger partial charge in [0, 0.05) is 20.1 Å². The normalized spacial score (nSPS) is 10.5. The first kappa shape index (κ1) is 9.27. The Balaban J connectivity index is 3.22. The standard InChI is InChI=1S/C9H8N4O2/c1-4-13-8(14)6-7(11(2)5-10-6)12(3)9(13)15/h1,5H,2-3H3. The third kappa shape index (κ3) is 1.03. The summed E-state index contributed by atoms with van der Waals surface area (Å²) < 4.78 is 3.60. The second-order valence-electron chi connectivity index (χ2n) is 3.14. The fourth-order valence-corrected chi connectivity index (χ4v) is 1.52. The Morgan fingerprint density at radius 1 is 1.40 bits per heavy atom. The van der Waals surface area contributed by atoms with E-state index in [1.807, 2.05) is 6.04 Å². The van der Waals surface area contributed by atoms with Crippen molar-refractivity contribution in [3.63, 3.8) is 0 Å². The van der Waals surface area contributed by atoms with Crippen LogP contribution in [-0.2, 0) is 14.1 Å². The lowest BCUT2D eigenvalue weighted by Crippen LogP contribution is -2.37. The number of hydrogen-bond donors (Lipinski definition) is 0. The highest BCUT2D eigenvalue weighted by Gasteiger charge is 2.12. The van der Waals surface area contributed by atoms with Crippen LogP contribution in [-0.4, -0.2) is 18.7 Å². The maximum Gasteiger partial charge on any atom is 0.344 e. The summed E-state index contributed by atoms with van der Waals surface area (Å²) in [6.45, 7) is 0. The predicted molar refractivity (Wildman–Crippen MR) is 54.4 cm³/mol. The Morgan fingerprint density at radius 3 is 2.67 bits per heavy atom. The molecule has 0 saturated heterocycles. The topological polar surface area (TPSA) is 61.8 Å². The van der Waals surface area contributed by atoms with Crippen LogP contribution in [0.5, 0.6) is 0 Å². The highest BCUT2D eigenvalue weighted by molar-refractivity contribution is 5.69. The summed E-state index contributed by atoms with van der Waals surface area (Å²) in [5.41, 5.74) is -0.455. The van der Waals surface area contributed by atoms with Crippen molar-refractivity contribution >= 4 is 11.2 Å². The molecule has 6 nitrogen and oxygen atoms in total. The largest absolute Gasteiger partial charge is 0.344 e. The zero-order valence-corrected chi connectivity index (χ0v) is 8.26. The number of aryl methyl sites for hydroxylation is 2. The lowest BCUT2D eigenvalue weighted by molar-refractivity contribution is 0.757. The van der Waals surface area contributed by atoms with Crippen molar-refractivity contribution in [2.45, 2.75) is 0 Å². The van der Waals surface area contributed by atoms with E-state index in [0.717, 1.165) is 0 Å². The molecule has 0 bridgehead atoms. The van der Waals surface area contributed by atoms with Gasteiger partial charge >= 0.3 is 5.69 Å². The van der Waals surface area contributed by atoms with Gasteiger partial charge in [0.25, 0.3) is 5.56 Å². The Kier molecular flexibility index (Phi) is 1.76. The Labute approximate surface area is 84.4 Å². The molecule has 15 heavy (non-hydrogen) atoms. The van der Waals surface area contributed by atoms with Crippen molar-refractivity contribution in [2.24, 2.45) is 14.1 Å². The summed E-state index contributed by atoms with van der Waals surface area (Å²) in [4.78, 5) is 27.2. The molecule has 0 radical (unpaired) electrons. The summed E-state index contributed by atoms with van der Waals surface area (Å²) in [5.74, 6) is 0. The lowest BCUT2D eigenvalue weighted by atomic mass is 10.5. The minimum Gasteiger partial charge on any atom is -0.320 e. The van der Waals surface area contributed by atoms with Crippen LogP contribution in [0.3, 0.4) is 0 Å². The summed E-state index contributed by atoms with van der Waals surface area (Å²) in [7, 11) is 3.24. The molecule has 0 aliphatic heterocycles. The van der Waals surface area contributed by atoms with Crippen LogP contribution in [0.1, 0.15) is 0 Å². The van der Waals surface area contributed by atoms with Crippen LogP contribution in [0, 0.1) is 12.5 Å². The van der Waals surface area contributed by atoms with Gasteiger partial charge in [-0.25, -0.2) is 9.78 Å². The molecule has 2 aromatic heterocycles. The molecule has 0 unspecified atom stereocenters. The highest BCUT2D eigenvalue weighted by Crippen LogP contribution is 2.02. The van der Waals surface area contributed by atoms with Gasteiger partial charge in [-0.2, -0.15) is 4.57 Å². The van der Waals surface area contributed by atoms with Crippen molar-refractivity contribution in [3.05, 3.63) is 27.2 Å². The summed E-state index contributed by atoms with van der Waals surface area (Å²) in [6, 6.07) is 2.03. The van der Waals surface area contributed by atoms with E-state index in [2.05, 4.69) is 4.98 Å². The molecule has 2 heterocycles. The van der Waals surface area contributed by atoms with Crippen LogP contribution in [0.25, 0.3) is 11.2 Å². The second-order valence-corrected chi connectivity index (χ2v) is 3.14. The van der Waals surface area contributed by atoms with Gasteiger partial charge in [0.15, 0.2) is 5.52 Å². The van der Waals surface area contributed by atoms with E-state index in [9.17, 15) is 9.59 Å². The average Bonchev–Trinajstić information content (AvgIpc) is 2.58. The molecule has 0 aliphatic carbocycles. The van der Waals surface area contributed by atoms with Gasteiger partial charge in [-0.1, -0.05) is 6.42 Å². The first-order valence-corrected chi connectivity index (χ1v) is 4.17. The molecule has 6 heteroatoms. The smallest absolute Gasteiger partial charge is 0.320 e. The van der Waals surface area contributed by atoms with Crippen molar-refractivity contribution in [1.29, 1.82) is 0 Å². The molecular formula is C9H8N4O2. The minimum atomic E-state index is -0.559. The zero-order chi connectivity index (χ0) is 11.2. The monoisotopic (exact) mass is 204 g/mol. The number of hydrogen-bond acceptors (Lipinski definition) is 3. The molecule has 0 fully saturated rings. The van der Waals surface area contributed by atoms with Crippen LogP contribution >= 0.6 is 0 Å². The fourth-order valence-electron chi connectivity index (χ4n) is 1.52. The minimum absolute atomic E-state index is 0.192. The number of rotatable bonds is 0. The first-order chi connectivity index (χ1) is 7.07. The van der Waals surface area contributed by atoms with Gasteiger partial charge in [-0.05, 0) is 0 Å². The Morgan fingerprint density at radius 2 is 2.07 bits per heavy atom. The summed E-state index contributed by atoms with van der Waals surface area (Å²) in [5, 5.41) is 0. The number of aromatic nitrogens is 4. The molecule has 0 N–H and O–H groups in total. The van der Waals surface area contributed by atoms with E-state index in [1.165, 1.54) is 10.9 Å². The molecule has 0 saturated carbocycles. The van der Waals surface area contributed by atoms with E-state index in [1.54, 1.807) is 18.7 Å². The van der Waals surface area contributed by atoms with Crippen LogP contribution in [0.4, 0.5) is 0 Å².